The van der Waals surface area contributed by atoms with E-state index in [-0.39, 0.29) is 5.17 Å². The highest BCUT2D eigenvalue weighted by Crippen LogP contribution is 2.14. The molecular formula is C11H12BrClN2O2. The quantitative estimate of drug-likeness (QED) is 0.509. The van der Waals surface area contributed by atoms with Crippen LogP contribution in [0.1, 0.15) is 19.8 Å². The van der Waals surface area contributed by atoms with Crippen molar-refractivity contribution in [2.45, 2.75) is 19.8 Å². The van der Waals surface area contributed by atoms with Gasteiger partial charge in [-0.2, -0.15) is 0 Å². The fourth-order valence-corrected chi connectivity index (χ4v) is 1.50. The minimum atomic E-state index is -0.665. The average molecular weight is 320 g/mol. The smallest absolute Gasteiger partial charge is 0.297 e. The standard InChI is InChI=1S/C11H12BrClN2O2/c1-2-3-10(13)15-17-11(16)14-9-6-4-8(12)5-7-9/h4-7H,2-3H2,1H3,(H,14,16)/b15-10+. The van der Waals surface area contributed by atoms with Crippen molar-refractivity contribution in [3.05, 3.63) is 28.7 Å². The van der Waals surface area contributed by atoms with E-state index in [1.807, 2.05) is 19.1 Å². The van der Waals surface area contributed by atoms with Gasteiger partial charge in [0, 0.05) is 16.6 Å². The summed E-state index contributed by atoms with van der Waals surface area (Å²) in [5.74, 6) is 0. The van der Waals surface area contributed by atoms with E-state index in [0.29, 0.717) is 12.1 Å². The molecule has 0 radical (unpaired) electrons. The molecule has 1 N–H and O–H groups in total. The average Bonchev–Trinajstić information content (AvgIpc) is 2.30. The largest absolute Gasteiger partial charge is 0.437 e. The SMILES string of the molecule is CCC/C(Cl)=N\OC(=O)Nc1ccc(Br)cc1. The normalized spacial score (nSPS) is 11.1. The molecule has 6 heteroatoms. The van der Waals surface area contributed by atoms with Gasteiger partial charge in [-0.3, -0.25) is 10.2 Å². The zero-order valence-corrected chi connectivity index (χ0v) is 11.6. The molecule has 0 saturated carbocycles. The molecule has 0 aromatic heterocycles. The number of benzene rings is 1. The Morgan fingerprint density at radius 2 is 2.12 bits per heavy atom. The van der Waals surface area contributed by atoms with E-state index in [9.17, 15) is 4.79 Å². The third-order valence-electron chi connectivity index (χ3n) is 1.77. The molecule has 1 amide bonds. The second kappa shape index (κ2) is 7.29. The maximum Gasteiger partial charge on any atom is 0.437 e. The molecule has 0 bridgehead atoms. The first-order chi connectivity index (χ1) is 8.11. The lowest BCUT2D eigenvalue weighted by atomic mass is 10.3. The van der Waals surface area contributed by atoms with Gasteiger partial charge in [-0.1, -0.05) is 39.6 Å². The molecule has 0 atom stereocenters. The van der Waals surface area contributed by atoms with Crippen LogP contribution in [0.3, 0.4) is 0 Å². The molecule has 1 rings (SSSR count). The maximum atomic E-state index is 11.3. The minimum Gasteiger partial charge on any atom is -0.297 e. The zero-order valence-electron chi connectivity index (χ0n) is 9.24. The molecule has 0 aliphatic rings. The molecule has 0 spiro atoms. The summed E-state index contributed by atoms with van der Waals surface area (Å²) in [6, 6.07) is 7.09. The van der Waals surface area contributed by atoms with E-state index in [4.69, 9.17) is 11.6 Å². The monoisotopic (exact) mass is 318 g/mol. The molecule has 1 aromatic carbocycles. The number of carbonyl (C=O) groups excluding carboxylic acids is 1. The van der Waals surface area contributed by atoms with Crippen molar-refractivity contribution in [2.24, 2.45) is 5.16 Å². The van der Waals surface area contributed by atoms with Gasteiger partial charge < -0.3 is 0 Å². The van der Waals surface area contributed by atoms with E-state index in [1.54, 1.807) is 12.1 Å². The second-order valence-electron chi connectivity index (χ2n) is 3.23. The zero-order chi connectivity index (χ0) is 12.7. The Labute approximate surface area is 113 Å². The summed E-state index contributed by atoms with van der Waals surface area (Å²) in [6.45, 7) is 1.96. The first-order valence-electron chi connectivity index (χ1n) is 5.07. The minimum absolute atomic E-state index is 0.276. The lowest BCUT2D eigenvalue weighted by molar-refractivity contribution is 0.166. The van der Waals surface area contributed by atoms with Crippen LogP contribution in [-0.4, -0.2) is 11.3 Å². The lowest BCUT2D eigenvalue weighted by Gasteiger charge is -2.02. The van der Waals surface area contributed by atoms with Crippen molar-refractivity contribution in [1.29, 1.82) is 0 Å². The summed E-state index contributed by atoms with van der Waals surface area (Å²) >= 11 is 8.98. The Bertz CT molecular complexity index is 406. The molecule has 0 unspecified atom stereocenters. The number of hydrogen-bond donors (Lipinski definition) is 1. The van der Waals surface area contributed by atoms with E-state index in [1.165, 1.54) is 0 Å². The predicted octanol–water partition coefficient (Wildman–Crippen LogP) is 4.35. The number of amides is 1. The van der Waals surface area contributed by atoms with Gasteiger partial charge in [0.1, 0.15) is 5.17 Å². The molecule has 0 aliphatic carbocycles. The third-order valence-corrected chi connectivity index (χ3v) is 2.56. The van der Waals surface area contributed by atoms with Crippen LogP contribution in [0.2, 0.25) is 0 Å². The molecule has 4 nitrogen and oxygen atoms in total. The number of rotatable bonds is 4. The molecule has 0 fully saturated rings. The highest BCUT2D eigenvalue weighted by Gasteiger charge is 2.03. The van der Waals surface area contributed by atoms with Crippen LogP contribution in [0.15, 0.2) is 33.9 Å². The highest BCUT2D eigenvalue weighted by molar-refractivity contribution is 9.10. The van der Waals surface area contributed by atoms with Crippen molar-refractivity contribution in [3.63, 3.8) is 0 Å². The summed E-state index contributed by atoms with van der Waals surface area (Å²) in [5, 5.41) is 6.28. The van der Waals surface area contributed by atoms with Crippen LogP contribution in [0.25, 0.3) is 0 Å². The Balaban J connectivity index is 2.44. The van der Waals surface area contributed by atoms with Crippen LogP contribution in [0, 0.1) is 0 Å². The summed E-state index contributed by atoms with van der Waals surface area (Å²) in [5.41, 5.74) is 0.625. The van der Waals surface area contributed by atoms with Gasteiger partial charge in [0.2, 0.25) is 0 Å². The fraction of sp³-hybridized carbons (Fsp3) is 0.273. The number of hydrogen-bond acceptors (Lipinski definition) is 3. The first kappa shape index (κ1) is 14.0. The van der Waals surface area contributed by atoms with E-state index in [0.717, 1.165) is 10.9 Å². The van der Waals surface area contributed by atoms with Gasteiger partial charge in [-0.15, -0.1) is 0 Å². The van der Waals surface area contributed by atoms with Gasteiger partial charge in [-0.25, -0.2) is 4.79 Å². The number of nitrogens with one attached hydrogen (secondary N) is 1. The molecule has 0 aliphatic heterocycles. The molecule has 0 saturated heterocycles. The van der Waals surface area contributed by atoms with Gasteiger partial charge in [0.15, 0.2) is 0 Å². The summed E-state index contributed by atoms with van der Waals surface area (Å²) in [4.78, 5) is 15.9. The third kappa shape index (κ3) is 5.70. The van der Waals surface area contributed by atoms with Crippen LogP contribution < -0.4 is 5.32 Å². The number of nitrogens with zero attached hydrogens (tertiary/aromatic N) is 1. The van der Waals surface area contributed by atoms with E-state index >= 15 is 0 Å². The molecule has 17 heavy (non-hydrogen) atoms. The summed E-state index contributed by atoms with van der Waals surface area (Å²) in [7, 11) is 0. The topological polar surface area (TPSA) is 50.7 Å². The van der Waals surface area contributed by atoms with Gasteiger partial charge in [0.25, 0.3) is 0 Å². The maximum absolute atomic E-state index is 11.3. The van der Waals surface area contributed by atoms with Crippen LogP contribution in [0.4, 0.5) is 10.5 Å². The van der Waals surface area contributed by atoms with Crippen LogP contribution in [-0.2, 0) is 4.84 Å². The van der Waals surface area contributed by atoms with E-state index in [2.05, 4.69) is 31.2 Å². The van der Waals surface area contributed by atoms with E-state index < -0.39 is 6.09 Å². The predicted molar refractivity (Wildman–Crippen MR) is 72.4 cm³/mol. The Morgan fingerprint density at radius 1 is 1.47 bits per heavy atom. The summed E-state index contributed by atoms with van der Waals surface area (Å²) < 4.78 is 0.931. The van der Waals surface area contributed by atoms with Crippen LogP contribution >= 0.6 is 27.5 Å². The molecular weight excluding hydrogens is 307 g/mol. The Morgan fingerprint density at radius 3 is 2.71 bits per heavy atom. The fourth-order valence-electron chi connectivity index (χ4n) is 1.02. The Kier molecular flexibility index (Phi) is 6.00. The van der Waals surface area contributed by atoms with Crippen molar-refractivity contribution in [1.82, 2.24) is 0 Å². The van der Waals surface area contributed by atoms with Crippen LogP contribution in [0.5, 0.6) is 0 Å². The highest BCUT2D eigenvalue weighted by atomic mass is 79.9. The summed E-state index contributed by atoms with van der Waals surface area (Å²) in [6.07, 6.45) is 0.772. The first-order valence-corrected chi connectivity index (χ1v) is 6.25. The van der Waals surface area contributed by atoms with Crippen molar-refractivity contribution in [2.75, 3.05) is 5.32 Å². The van der Waals surface area contributed by atoms with Gasteiger partial charge in [-0.05, 0) is 30.7 Å². The number of oxime groups is 1. The van der Waals surface area contributed by atoms with Gasteiger partial charge in [0.05, 0.1) is 0 Å². The number of carbonyl (C=O) groups is 1. The second-order valence-corrected chi connectivity index (χ2v) is 4.58. The van der Waals surface area contributed by atoms with Crippen molar-refractivity contribution < 1.29 is 9.63 Å². The lowest BCUT2D eigenvalue weighted by Crippen LogP contribution is -2.11. The number of anilines is 1. The Hall–Kier alpha value is -1.07. The molecule has 1 aromatic rings. The van der Waals surface area contributed by atoms with Gasteiger partial charge >= 0.3 is 6.09 Å². The molecule has 92 valence electrons. The molecule has 0 heterocycles. The van der Waals surface area contributed by atoms with Crippen molar-refractivity contribution >= 4 is 44.5 Å². The number of halogens is 2. The van der Waals surface area contributed by atoms with Crippen molar-refractivity contribution in [3.8, 4) is 0 Å².